The molecule has 1 aromatic carbocycles. The Balaban J connectivity index is 2.13. The third-order valence-electron chi connectivity index (χ3n) is 3.05. The van der Waals surface area contributed by atoms with Gasteiger partial charge in [-0.05, 0) is 17.9 Å². The van der Waals surface area contributed by atoms with Gasteiger partial charge in [-0.3, -0.25) is 0 Å². The molecule has 0 spiro atoms. The molecule has 3 heteroatoms. The number of nitrogens with zero attached hydrogens (tertiary/aromatic N) is 2. The van der Waals surface area contributed by atoms with Crippen LogP contribution in [0.15, 0.2) is 42.9 Å². The fourth-order valence-corrected chi connectivity index (χ4v) is 2.18. The summed E-state index contributed by atoms with van der Waals surface area (Å²) in [5.41, 5.74) is 8.62. The largest absolute Gasteiger partial charge is 0.329 e. The van der Waals surface area contributed by atoms with Gasteiger partial charge in [0.05, 0.1) is 12.0 Å². The van der Waals surface area contributed by atoms with E-state index in [1.165, 1.54) is 5.56 Å². The van der Waals surface area contributed by atoms with E-state index in [1.54, 1.807) is 0 Å². The molecule has 0 aliphatic heterocycles. The van der Waals surface area contributed by atoms with Crippen molar-refractivity contribution in [1.82, 2.24) is 9.55 Å². The molecule has 0 aliphatic carbocycles. The van der Waals surface area contributed by atoms with E-state index in [0.717, 1.165) is 18.7 Å². The molecule has 0 saturated carbocycles. The van der Waals surface area contributed by atoms with Crippen molar-refractivity contribution >= 4 is 0 Å². The molecular formula is C15H21N3. The molecule has 2 aromatic rings. The van der Waals surface area contributed by atoms with Gasteiger partial charge in [0.25, 0.3) is 0 Å². The van der Waals surface area contributed by atoms with Crippen molar-refractivity contribution in [2.24, 2.45) is 11.7 Å². The Morgan fingerprint density at radius 2 is 1.94 bits per heavy atom. The van der Waals surface area contributed by atoms with Crippen LogP contribution in [-0.4, -0.2) is 9.55 Å². The molecule has 1 unspecified atom stereocenters. The molecule has 96 valence electrons. The highest BCUT2D eigenvalue weighted by atomic mass is 15.1. The SMILES string of the molecule is CC(C)CC(N)c1cncn1Cc1ccccc1. The smallest absolute Gasteiger partial charge is 0.0951 e. The van der Waals surface area contributed by atoms with E-state index in [-0.39, 0.29) is 6.04 Å². The molecule has 0 saturated heterocycles. The lowest BCUT2D eigenvalue weighted by Gasteiger charge is -2.16. The summed E-state index contributed by atoms with van der Waals surface area (Å²) in [5, 5.41) is 0. The lowest BCUT2D eigenvalue weighted by Crippen LogP contribution is -2.17. The van der Waals surface area contributed by atoms with Gasteiger partial charge in [0, 0.05) is 18.8 Å². The fourth-order valence-electron chi connectivity index (χ4n) is 2.18. The first-order chi connectivity index (χ1) is 8.66. The number of nitrogens with two attached hydrogens (primary N) is 1. The predicted molar refractivity (Wildman–Crippen MR) is 74.2 cm³/mol. The zero-order valence-electron chi connectivity index (χ0n) is 11.1. The van der Waals surface area contributed by atoms with E-state index in [1.807, 2.05) is 18.6 Å². The molecule has 0 aliphatic rings. The molecule has 18 heavy (non-hydrogen) atoms. The number of benzene rings is 1. The zero-order valence-corrected chi connectivity index (χ0v) is 11.1. The number of hydrogen-bond acceptors (Lipinski definition) is 2. The zero-order chi connectivity index (χ0) is 13.0. The maximum atomic E-state index is 6.23. The monoisotopic (exact) mass is 243 g/mol. The topological polar surface area (TPSA) is 43.8 Å². The second-order valence-corrected chi connectivity index (χ2v) is 5.17. The van der Waals surface area contributed by atoms with Crippen LogP contribution in [0.3, 0.4) is 0 Å². The Labute approximate surface area is 109 Å². The molecule has 3 nitrogen and oxygen atoms in total. The van der Waals surface area contributed by atoms with Crippen LogP contribution in [0.1, 0.15) is 37.6 Å². The first kappa shape index (κ1) is 12.8. The highest BCUT2D eigenvalue weighted by Crippen LogP contribution is 2.19. The van der Waals surface area contributed by atoms with E-state index in [9.17, 15) is 0 Å². The van der Waals surface area contributed by atoms with Gasteiger partial charge in [0.2, 0.25) is 0 Å². The molecule has 1 aromatic heterocycles. The van der Waals surface area contributed by atoms with Gasteiger partial charge in [-0.15, -0.1) is 0 Å². The van der Waals surface area contributed by atoms with Gasteiger partial charge >= 0.3 is 0 Å². The molecule has 1 heterocycles. The van der Waals surface area contributed by atoms with Gasteiger partial charge in [-0.1, -0.05) is 44.2 Å². The molecule has 2 rings (SSSR count). The average Bonchev–Trinajstić information content (AvgIpc) is 2.77. The van der Waals surface area contributed by atoms with Crippen LogP contribution < -0.4 is 5.73 Å². The fraction of sp³-hybridized carbons (Fsp3) is 0.400. The number of hydrogen-bond donors (Lipinski definition) is 1. The summed E-state index contributed by atoms with van der Waals surface area (Å²) in [6.07, 6.45) is 4.74. The summed E-state index contributed by atoms with van der Waals surface area (Å²) in [4.78, 5) is 4.23. The van der Waals surface area contributed by atoms with Gasteiger partial charge in [-0.2, -0.15) is 0 Å². The van der Waals surface area contributed by atoms with E-state index in [2.05, 4.69) is 47.7 Å². The highest BCUT2D eigenvalue weighted by Gasteiger charge is 2.13. The van der Waals surface area contributed by atoms with Crippen molar-refractivity contribution in [3.63, 3.8) is 0 Å². The number of imidazole rings is 1. The van der Waals surface area contributed by atoms with Gasteiger partial charge in [0.1, 0.15) is 0 Å². The Morgan fingerprint density at radius 1 is 1.22 bits per heavy atom. The second kappa shape index (κ2) is 5.83. The van der Waals surface area contributed by atoms with Crippen molar-refractivity contribution < 1.29 is 0 Å². The first-order valence-electron chi connectivity index (χ1n) is 6.46. The van der Waals surface area contributed by atoms with Gasteiger partial charge in [0.15, 0.2) is 0 Å². The summed E-state index contributed by atoms with van der Waals surface area (Å²) >= 11 is 0. The van der Waals surface area contributed by atoms with E-state index < -0.39 is 0 Å². The molecule has 2 N–H and O–H groups in total. The molecule has 0 bridgehead atoms. The van der Waals surface area contributed by atoms with Crippen molar-refractivity contribution in [2.45, 2.75) is 32.9 Å². The molecule has 1 atom stereocenters. The Morgan fingerprint density at radius 3 is 2.61 bits per heavy atom. The number of rotatable bonds is 5. The quantitative estimate of drug-likeness (QED) is 0.877. The van der Waals surface area contributed by atoms with Crippen molar-refractivity contribution in [3.05, 3.63) is 54.1 Å². The second-order valence-electron chi connectivity index (χ2n) is 5.17. The predicted octanol–water partition coefficient (Wildman–Crippen LogP) is 2.98. The van der Waals surface area contributed by atoms with E-state index in [4.69, 9.17) is 5.73 Å². The molecule has 0 amide bonds. The summed E-state index contributed by atoms with van der Waals surface area (Å²) in [6, 6.07) is 10.5. The summed E-state index contributed by atoms with van der Waals surface area (Å²) < 4.78 is 2.14. The molecular weight excluding hydrogens is 222 g/mol. The minimum atomic E-state index is 0.0659. The van der Waals surface area contributed by atoms with Crippen LogP contribution in [0, 0.1) is 5.92 Å². The van der Waals surface area contributed by atoms with Crippen LogP contribution in [-0.2, 0) is 6.54 Å². The lowest BCUT2D eigenvalue weighted by atomic mass is 10.0. The normalized spacial score (nSPS) is 12.9. The van der Waals surface area contributed by atoms with Gasteiger partial charge < -0.3 is 10.3 Å². The van der Waals surface area contributed by atoms with Crippen molar-refractivity contribution in [1.29, 1.82) is 0 Å². The summed E-state index contributed by atoms with van der Waals surface area (Å²) in [7, 11) is 0. The van der Waals surface area contributed by atoms with Crippen LogP contribution in [0.4, 0.5) is 0 Å². The third kappa shape index (κ3) is 3.20. The lowest BCUT2D eigenvalue weighted by molar-refractivity contribution is 0.488. The number of aromatic nitrogens is 2. The minimum Gasteiger partial charge on any atom is -0.329 e. The average molecular weight is 243 g/mol. The van der Waals surface area contributed by atoms with E-state index >= 15 is 0 Å². The highest BCUT2D eigenvalue weighted by molar-refractivity contribution is 5.17. The van der Waals surface area contributed by atoms with Crippen molar-refractivity contribution in [2.75, 3.05) is 0 Å². The van der Waals surface area contributed by atoms with Crippen molar-refractivity contribution in [3.8, 4) is 0 Å². The van der Waals surface area contributed by atoms with Gasteiger partial charge in [-0.25, -0.2) is 4.98 Å². The standard InChI is InChI=1S/C15H21N3/c1-12(2)8-14(16)15-9-17-11-18(15)10-13-6-4-3-5-7-13/h3-7,9,11-12,14H,8,10,16H2,1-2H3. The maximum Gasteiger partial charge on any atom is 0.0951 e. The third-order valence-corrected chi connectivity index (χ3v) is 3.05. The van der Waals surface area contributed by atoms with Crippen LogP contribution in [0.2, 0.25) is 0 Å². The maximum absolute atomic E-state index is 6.23. The Bertz CT molecular complexity index is 473. The van der Waals surface area contributed by atoms with Crippen LogP contribution in [0.5, 0.6) is 0 Å². The van der Waals surface area contributed by atoms with Crippen LogP contribution >= 0.6 is 0 Å². The molecule has 0 fully saturated rings. The summed E-state index contributed by atoms with van der Waals surface area (Å²) in [5.74, 6) is 0.597. The Kier molecular flexibility index (Phi) is 4.15. The van der Waals surface area contributed by atoms with Crippen LogP contribution in [0.25, 0.3) is 0 Å². The molecule has 0 radical (unpaired) electrons. The Hall–Kier alpha value is -1.61. The summed E-state index contributed by atoms with van der Waals surface area (Å²) in [6.45, 7) is 5.22. The van der Waals surface area contributed by atoms with E-state index in [0.29, 0.717) is 5.92 Å². The first-order valence-corrected chi connectivity index (χ1v) is 6.46. The minimum absolute atomic E-state index is 0.0659.